The van der Waals surface area contributed by atoms with Crippen LogP contribution in [-0.4, -0.2) is 75.0 Å². The number of amides is 2. The van der Waals surface area contributed by atoms with Gasteiger partial charge in [0.25, 0.3) is 0 Å². The molecular formula is C20H31N3O3. The molecule has 0 radical (unpaired) electrons. The third-order valence-corrected chi connectivity index (χ3v) is 5.33. The first-order chi connectivity index (χ1) is 12.8. The van der Waals surface area contributed by atoms with Crippen molar-refractivity contribution in [1.82, 2.24) is 15.1 Å². The highest BCUT2D eigenvalue weighted by molar-refractivity contribution is 5.74. The minimum Gasteiger partial charge on any atom is -0.385 e. The standard InChI is InChI=1S/C20H31N3O3/c1-25-12-5-9-21-20(24)23-10-8-19-18(15-23)16-26-13-11-22(19)14-17-6-3-2-4-7-17/h2-4,6-7,18-19H,5,8-16H2,1H3,(H,21,24)/t18-,19-/m1/s1. The van der Waals surface area contributed by atoms with Gasteiger partial charge in [-0.15, -0.1) is 0 Å². The summed E-state index contributed by atoms with van der Waals surface area (Å²) >= 11 is 0. The average Bonchev–Trinajstić information content (AvgIpc) is 2.88. The van der Waals surface area contributed by atoms with Gasteiger partial charge in [0.1, 0.15) is 0 Å². The molecule has 2 amide bonds. The van der Waals surface area contributed by atoms with Crippen molar-refractivity contribution in [3.05, 3.63) is 35.9 Å². The van der Waals surface area contributed by atoms with E-state index in [0.29, 0.717) is 25.1 Å². The zero-order valence-electron chi connectivity index (χ0n) is 15.7. The minimum absolute atomic E-state index is 0.0402. The summed E-state index contributed by atoms with van der Waals surface area (Å²) in [5, 5.41) is 3.00. The Kier molecular flexibility index (Phi) is 7.29. The summed E-state index contributed by atoms with van der Waals surface area (Å²) in [4.78, 5) is 16.9. The van der Waals surface area contributed by atoms with Crippen LogP contribution in [0.2, 0.25) is 0 Å². The maximum Gasteiger partial charge on any atom is 0.317 e. The molecule has 6 nitrogen and oxygen atoms in total. The third kappa shape index (κ3) is 5.19. The van der Waals surface area contributed by atoms with Crippen molar-refractivity contribution in [2.45, 2.75) is 25.4 Å². The van der Waals surface area contributed by atoms with Gasteiger partial charge in [0, 0.05) is 58.4 Å². The monoisotopic (exact) mass is 361 g/mol. The molecule has 0 aliphatic carbocycles. The number of hydrogen-bond donors (Lipinski definition) is 1. The van der Waals surface area contributed by atoms with Crippen molar-refractivity contribution in [1.29, 1.82) is 0 Å². The van der Waals surface area contributed by atoms with Gasteiger partial charge in [0.05, 0.1) is 13.2 Å². The van der Waals surface area contributed by atoms with Crippen LogP contribution in [0.3, 0.4) is 0 Å². The molecule has 0 saturated carbocycles. The average molecular weight is 361 g/mol. The number of fused-ring (bicyclic) bond motifs is 1. The van der Waals surface area contributed by atoms with Crippen LogP contribution in [0.25, 0.3) is 0 Å². The van der Waals surface area contributed by atoms with Gasteiger partial charge in [0.15, 0.2) is 0 Å². The van der Waals surface area contributed by atoms with E-state index in [2.05, 4.69) is 40.5 Å². The fourth-order valence-corrected chi connectivity index (χ4v) is 3.97. The van der Waals surface area contributed by atoms with Crippen molar-refractivity contribution >= 4 is 6.03 Å². The normalized spacial score (nSPS) is 24.0. The Balaban J connectivity index is 1.55. The third-order valence-electron chi connectivity index (χ3n) is 5.33. The van der Waals surface area contributed by atoms with Gasteiger partial charge in [-0.25, -0.2) is 4.79 Å². The molecule has 1 N–H and O–H groups in total. The second-order valence-corrected chi connectivity index (χ2v) is 7.17. The number of likely N-dealkylation sites (tertiary alicyclic amines) is 1. The summed E-state index contributed by atoms with van der Waals surface area (Å²) in [6, 6.07) is 11.1. The first kappa shape index (κ1) is 19.1. The highest BCUT2D eigenvalue weighted by Gasteiger charge is 2.36. The number of hydrogen-bond acceptors (Lipinski definition) is 4. The predicted molar refractivity (Wildman–Crippen MR) is 101 cm³/mol. The first-order valence-electron chi connectivity index (χ1n) is 9.65. The summed E-state index contributed by atoms with van der Waals surface area (Å²) in [5.74, 6) is 0.375. The maximum atomic E-state index is 12.4. The molecule has 1 aromatic carbocycles. The lowest BCUT2D eigenvalue weighted by Gasteiger charge is -2.42. The number of carbonyl (C=O) groups excluding carboxylic acids is 1. The smallest absolute Gasteiger partial charge is 0.317 e. The van der Waals surface area contributed by atoms with E-state index in [1.165, 1.54) is 5.56 Å². The number of ether oxygens (including phenoxy) is 2. The van der Waals surface area contributed by atoms with Crippen LogP contribution in [0.15, 0.2) is 30.3 Å². The second kappa shape index (κ2) is 9.90. The van der Waals surface area contributed by atoms with Crippen molar-refractivity contribution in [3.63, 3.8) is 0 Å². The quantitative estimate of drug-likeness (QED) is 0.787. The fourth-order valence-electron chi connectivity index (χ4n) is 3.97. The zero-order chi connectivity index (χ0) is 18.2. The van der Waals surface area contributed by atoms with E-state index in [4.69, 9.17) is 9.47 Å². The van der Waals surface area contributed by atoms with Crippen LogP contribution >= 0.6 is 0 Å². The molecule has 1 aromatic rings. The molecule has 2 fully saturated rings. The first-order valence-corrected chi connectivity index (χ1v) is 9.65. The van der Waals surface area contributed by atoms with Gasteiger partial charge in [-0.2, -0.15) is 0 Å². The molecule has 2 heterocycles. The number of nitrogens with one attached hydrogen (secondary N) is 1. The summed E-state index contributed by atoms with van der Waals surface area (Å²) in [5.41, 5.74) is 1.34. The number of benzene rings is 1. The molecule has 26 heavy (non-hydrogen) atoms. The molecule has 0 aromatic heterocycles. The number of urea groups is 1. The van der Waals surface area contributed by atoms with E-state index in [-0.39, 0.29) is 6.03 Å². The summed E-state index contributed by atoms with van der Waals surface area (Å²) in [7, 11) is 1.68. The minimum atomic E-state index is 0.0402. The van der Waals surface area contributed by atoms with Crippen LogP contribution in [0.5, 0.6) is 0 Å². The van der Waals surface area contributed by atoms with Gasteiger partial charge < -0.3 is 19.7 Å². The Bertz CT molecular complexity index is 554. The highest BCUT2D eigenvalue weighted by atomic mass is 16.5. The number of piperidine rings is 1. The van der Waals surface area contributed by atoms with Crippen molar-refractivity contribution in [2.75, 3.05) is 53.1 Å². The molecular weight excluding hydrogens is 330 g/mol. The van der Waals surface area contributed by atoms with Gasteiger partial charge in [0.2, 0.25) is 0 Å². The van der Waals surface area contributed by atoms with Crippen molar-refractivity contribution in [2.24, 2.45) is 5.92 Å². The van der Waals surface area contributed by atoms with Crippen molar-refractivity contribution < 1.29 is 14.3 Å². The van der Waals surface area contributed by atoms with Crippen LogP contribution in [0.4, 0.5) is 4.79 Å². The maximum absolute atomic E-state index is 12.4. The van der Waals surface area contributed by atoms with Gasteiger partial charge >= 0.3 is 6.03 Å². The molecule has 0 unspecified atom stereocenters. The highest BCUT2D eigenvalue weighted by Crippen LogP contribution is 2.26. The van der Waals surface area contributed by atoms with E-state index < -0.39 is 0 Å². The molecule has 2 aliphatic heterocycles. The van der Waals surface area contributed by atoms with Gasteiger partial charge in [-0.3, -0.25) is 4.90 Å². The molecule has 2 saturated heterocycles. The molecule has 144 valence electrons. The summed E-state index contributed by atoms with van der Waals surface area (Å²) in [6.45, 7) is 6.33. The van der Waals surface area contributed by atoms with Crippen LogP contribution in [0, 0.1) is 5.92 Å². The van der Waals surface area contributed by atoms with E-state index >= 15 is 0 Å². The number of rotatable bonds is 6. The van der Waals surface area contributed by atoms with Gasteiger partial charge in [-0.05, 0) is 18.4 Å². The van der Waals surface area contributed by atoms with Crippen LogP contribution < -0.4 is 5.32 Å². The fraction of sp³-hybridized carbons (Fsp3) is 0.650. The van der Waals surface area contributed by atoms with Crippen LogP contribution in [0.1, 0.15) is 18.4 Å². The Morgan fingerprint density at radius 3 is 2.96 bits per heavy atom. The lowest BCUT2D eigenvalue weighted by molar-refractivity contribution is 0.0600. The van der Waals surface area contributed by atoms with Gasteiger partial charge in [-0.1, -0.05) is 30.3 Å². The number of methoxy groups -OCH3 is 1. The SMILES string of the molecule is COCCCNC(=O)N1CC[C@@H]2[C@@H](COCCN2Cc2ccccc2)C1. The number of carbonyl (C=O) groups is 1. The van der Waals surface area contributed by atoms with E-state index in [9.17, 15) is 4.79 Å². The molecule has 2 atom stereocenters. The Labute approximate surface area is 156 Å². The molecule has 0 bridgehead atoms. The molecule has 2 aliphatic rings. The van der Waals surface area contributed by atoms with Crippen LogP contribution in [-0.2, 0) is 16.0 Å². The lowest BCUT2D eigenvalue weighted by atomic mass is 9.91. The zero-order valence-corrected chi connectivity index (χ0v) is 15.7. The Morgan fingerprint density at radius 1 is 1.31 bits per heavy atom. The Hall–Kier alpha value is -1.63. The Morgan fingerprint density at radius 2 is 2.15 bits per heavy atom. The summed E-state index contributed by atoms with van der Waals surface area (Å²) < 4.78 is 10.9. The van der Waals surface area contributed by atoms with E-state index in [1.807, 2.05) is 4.90 Å². The number of nitrogens with zero attached hydrogens (tertiary/aromatic N) is 2. The topological polar surface area (TPSA) is 54.0 Å². The lowest BCUT2D eigenvalue weighted by Crippen LogP contribution is -2.54. The predicted octanol–water partition coefficient (Wildman–Crippen LogP) is 1.96. The second-order valence-electron chi connectivity index (χ2n) is 7.17. The van der Waals surface area contributed by atoms with Crippen molar-refractivity contribution in [3.8, 4) is 0 Å². The molecule has 0 spiro atoms. The van der Waals surface area contributed by atoms with E-state index in [0.717, 1.165) is 52.2 Å². The van der Waals surface area contributed by atoms with E-state index in [1.54, 1.807) is 7.11 Å². The largest absolute Gasteiger partial charge is 0.385 e. The summed E-state index contributed by atoms with van der Waals surface area (Å²) in [6.07, 6.45) is 1.85. The molecule has 3 rings (SSSR count). The molecule has 6 heteroatoms.